The fraction of sp³-hybridized carbons (Fsp3) is 0.917. The summed E-state index contributed by atoms with van der Waals surface area (Å²) < 4.78 is 0. The highest BCUT2D eigenvalue weighted by atomic mass is 16.1. The van der Waals surface area contributed by atoms with Crippen LogP contribution < -0.4 is 0 Å². The molecule has 1 unspecified atom stereocenters. The van der Waals surface area contributed by atoms with Crippen LogP contribution in [-0.2, 0) is 4.79 Å². The van der Waals surface area contributed by atoms with Gasteiger partial charge in [0.25, 0.3) is 0 Å². The van der Waals surface area contributed by atoms with Crippen molar-refractivity contribution < 1.29 is 4.79 Å². The van der Waals surface area contributed by atoms with Crippen molar-refractivity contribution >= 4 is 5.78 Å². The topological polar surface area (TPSA) is 17.1 Å². The fourth-order valence-electron chi connectivity index (χ4n) is 2.22. The zero-order valence-corrected chi connectivity index (χ0v) is 9.61. The van der Waals surface area contributed by atoms with Gasteiger partial charge >= 0.3 is 0 Å². The molecule has 1 saturated carbocycles. The summed E-state index contributed by atoms with van der Waals surface area (Å²) in [5.74, 6) is 1.05. The molecule has 1 aliphatic carbocycles. The number of Topliss-reactive ketones (excluding diaryl/α,β-unsaturated/α-hetero) is 1. The second-order valence-corrected chi connectivity index (χ2v) is 5.54. The smallest absolute Gasteiger partial charge is 0.144 e. The maximum Gasteiger partial charge on any atom is 0.144 e. The van der Waals surface area contributed by atoms with Crippen molar-refractivity contribution in [3.63, 3.8) is 0 Å². The maximum absolute atomic E-state index is 12.1. The van der Waals surface area contributed by atoms with Crippen LogP contribution in [0.1, 0.15) is 53.9 Å². The molecule has 1 atom stereocenters. The lowest BCUT2D eigenvalue weighted by atomic mass is 9.74. The van der Waals surface area contributed by atoms with E-state index in [2.05, 4.69) is 13.8 Å². The number of ketones is 1. The maximum atomic E-state index is 12.1. The van der Waals surface area contributed by atoms with Crippen LogP contribution in [0.3, 0.4) is 0 Å². The van der Waals surface area contributed by atoms with Crippen molar-refractivity contribution in [1.29, 1.82) is 0 Å². The number of carbonyl (C=O) groups is 1. The predicted molar refractivity (Wildman–Crippen MR) is 55.6 cm³/mol. The van der Waals surface area contributed by atoms with E-state index < -0.39 is 0 Å². The highest BCUT2D eigenvalue weighted by Gasteiger charge is 2.55. The Hall–Kier alpha value is -0.330. The molecule has 0 aromatic rings. The summed E-state index contributed by atoms with van der Waals surface area (Å²) in [4.78, 5) is 12.1. The molecule has 1 aliphatic rings. The fourth-order valence-corrected chi connectivity index (χ4v) is 2.22. The zero-order valence-electron chi connectivity index (χ0n) is 9.61. The van der Waals surface area contributed by atoms with E-state index in [1.165, 1.54) is 0 Å². The molecule has 0 aromatic carbocycles. The first-order valence-corrected chi connectivity index (χ1v) is 5.39. The average Bonchev–Trinajstić information content (AvgIpc) is 2.80. The predicted octanol–water partition coefficient (Wildman–Crippen LogP) is 3.43. The van der Waals surface area contributed by atoms with Gasteiger partial charge in [-0.2, -0.15) is 0 Å². The zero-order chi connectivity index (χ0) is 10.3. The van der Waals surface area contributed by atoms with Crippen LogP contribution in [-0.4, -0.2) is 5.78 Å². The molecule has 0 amide bonds. The third kappa shape index (κ3) is 1.79. The number of hydrogen-bond donors (Lipinski definition) is 0. The Morgan fingerprint density at radius 3 is 2.08 bits per heavy atom. The van der Waals surface area contributed by atoms with Crippen LogP contribution in [0.25, 0.3) is 0 Å². The van der Waals surface area contributed by atoms with Gasteiger partial charge in [0.2, 0.25) is 0 Å². The molecule has 1 rings (SSSR count). The molecule has 0 aromatic heterocycles. The van der Waals surface area contributed by atoms with Crippen molar-refractivity contribution in [2.75, 3.05) is 0 Å². The lowest BCUT2D eigenvalue weighted by molar-refractivity contribution is -0.133. The highest BCUT2D eigenvalue weighted by Crippen LogP contribution is 2.56. The molecule has 1 fully saturated rings. The first-order valence-electron chi connectivity index (χ1n) is 5.39. The molecular weight excluding hydrogens is 160 g/mol. The molecule has 0 radical (unpaired) electrons. The molecule has 0 N–H and O–H groups in total. The summed E-state index contributed by atoms with van der Waals surface area (Å²) in [7, 11) is 0. The van der Waals surface area contributed by atoms with Gasteiger partial charge < -0.3 is 0 Å². The van der Waals surface area contributed by atoms with E-state index in [1.807, 2.05) is 20.8 Å². The molecule has 0 aliphatic heterocycles. The second-order valence-electron chi connectivity index (χ2n) is 5.54. The summed E-state index contributed by atoms with van der Waals surface area (Å²) in [5, 5.41) is 0. The van der Waals surface area contributed by atoms with Gasteiger partial charge in [0.1, 0.15) is 5.78 Å². The summed E-state index contributed by atoms with van der Waals surface area (Å²) in [6.07, 6.45) is 3.37. The molecule has 13 heavy (non-hydrogen) atoms. The Morgan fingerprint density at radius 1 is 1.38 bits per heavy atom. The minimum atomic E-state index is -0.153. The molecule has 76 valence electrons. The van der Waals surface area contributed by atoms with Gasteiger partial charge in [0, 0.05) is 10.8 Å². The van der Waals surface area contributed by atoms with Gasteiger partial charge in [0.05, 0.1) is 0 Å². The molecule has 0 bridgehead atoms. The van der Waals surface area contributed by atoms with Crippen molar-refractivity contribution in [1.82, 2.24) is 0 Å². The lowest BCUT2D eigenvalue weighted by Gasteiger charge is -2.28. The Labute approximate surface area is 81.9 Å². The van der Waals surface area contributed by atoms with Crippen molar-refractivity contribution in [2.24, 2.45) is 16.7 Å². The first-order chi connectivity index (χ1) is 5.84. The van der Waals surface area contributed by atoms with Crippen LogP contribution in [0.4, 0.5) is 0 Å². The van der Waals surface area contributed by atoms with Crippen molar-refractivity contribution in [3.05, 3.63) is 0 Å². The number of carbonyl (C=O) groups excluding carboxylic acids is 1. The van der Waals surface area contributed by atoms with E-state index in [-0.39, 0.29) is 10.8 Å². The lowest BCUT2D eigenvalue weighted by Crippen LogP contribution is -2.33. The van der Waals surface area contributed by atoms with Crippen LogP contribution in [0.5, 0.6) is 0 Å². The second kappa shape index (κ2) is 3.11. The summed E-state index contributed by atoms with van der Waals surface area (Å²) in [5.41, 5.74) is -0.0903. The molecular formula is C12H22O. The number of rotatable bonds is 3. The Bertz CT molecular complexity index is 206. The van der Waals surface area contributed by atoms with Crippen molar-refractivity contribution in [2.45, 2.75) is 53.9 Å². The van der Waals surface area contributed by atoms with Gasteiger partial charge in [-0.05, 0) is 18.8 Å². The van der Waals surface area contributed by atoms with Gasteiger partial charge in [-0.15, -0.1) is 0 Å². The Kier molecular flexibility index (Phi) is 2.57. The van der Waals surface area contributed by atoms with E-state index in [1.54, 1.807) is 0 Å². The highest BCUT2D eigenvalue weighted by molar-refractivity contribution is 5.91. The minimum absolute atomic E-state index is 0.0625. The van der Waals surface area contributed by atoms with Gasteiger partial charge in [-0.1, -0.05) is 41.0 Å². The Morgan fingerprint density at radius 2 is 1.85 bits per heavy atom. The molecule has 1 heteroatoms. The van der Waals surface area contributed by atoms with Crippen LogP contribution in [0, 0.1) is 16.7 Å². The summed E-state index contributed by atoms with van der Waals surface area (Å²) >= 11 is 0. The summed E-state index contributed by atoms with van der Waals surface area (Å²) in [6.45, 7) is 10.5. The van der Waals surface area contributed by atoms with E-state index in [0.717, 1.165) is 19.3 Å². The first kappa shape index (κ1) is 10.7. The van der Waals surface area contributed by atoms with Crippen molar-refractivity contribution in [3.8, 4) is 0 Å². The molecule has 0 spiro atoms. The standard InChI is InChI=1S/C12H22O/c1-6-9(2)12(7-8-12)10(13)11(3,4)5/h9H,6-8H2,1-5H3. The van der Waals surface area contributed by atoms with Crippen LogP contribution in [0.2, 0.25) is 0 Å². The summed E-state index contributed by atoms with van der Waals surface area (Å²) in [6, 6.07) is 0. The van der Waals surface area contributed by atoms with Gasteiger partial charge in [0.15, 0.2) is 0 Å². The van der Waals surface area contributed by atoms with E-state index in [4.69, 9.17) is 0 Å². The van der Waals surface area contributed by atoms with Crippen LogP contribution in [0.15, 0.2) is 0 Å². The molecule has 0 saturated heterocycles. The quantitative estimate of drug-likeness (QED) is 0.653. The molecule has 0 heterocycles. The van der Waals surface area contributed by atoms with Gasteiger partial charge in [-0.3, -0.25) is 4.79 Å². The monoisotopic (exact) mass is 182 g/mol. The van der Waals surface area contributed by atoms with Crippen LogP contribution >= 0.6 is 0 Å². The normalized spacial score (nSPS) is 22.5. The number of hydrogen-bond acceptors (Lipinski definition) is 1. The largest absolute Gasteiger partial charge is 0.298 e. The van der Waals surface area contributed by atoms with Gasteiger partial charge in [-0.25, -0.2) is 0 Å². The third-order valence-electron chi connectivity index (χ3n) is 3.48. The third-order valence-corrected chi connectivity index (χ3v) is 3.48. The SMILES string of the molecule is CCC(C)C1(C(=O)C(C)(C)C)CC1. The Balaban J connectivity index is 2.77. The van der Waals surface area contributed by atoms with E-state index in [9.17, 15) is 4.79 Å². The molecule has 1 nitrogen and oxygen atoms in total. The van der Waals surface area contributed by atoms with E-state index in [0.29, 0.717) is 11.7 Å². The van der Waals surface area contributed by atoms with E-state index >= 15 is 0 Å². The minimum Gasteiger partial charge on any atom is -0.298 e. The average molecular weight is 182 g/mol.